The predicted molar refractivity (Wildman–Crippen MR) is 82.3 cm³/mol. The molecule has 1 aromatic heterocycles. The molecule has 0 spiro atoms. The summed E-state index contributed by atoms with van der Waals surface area (Å²) < 4.78 is 7.59. The number of rotatable bonds is 4. The summed E-state index contributed by atoms with van der Waals surface area (Å²) >= 11 is 6.09. The largest absolute Gasteiger partial charge is 0.457 e. The molecule has 0 amide bonds. The molecule has 0 aliphatic carbocycles. The Kier molecular flexibility index (Phi) is 3.88. The Balaban J connectivity index is 1.86. The highest BCUT2D eigenvalue weighted by Gasteiger charge is 2.10. The van der Waals surface area contributed by atoms with Crippen LogP contribution in [0.2, 0.25) is 5.28 Å². The summed E-state index contributed by atoms with van der Waals surface area (Å²) in [5.74, 6) is 2.41. The molecule has 3 aromatic rings. The van der Waals surface area contributed by atoms with Crippen molar-refractivity contribution in [3.05, 3.63) is 65.7 Å². The maximum absolute atomic E-state index is 6.09. The van der Waals surface area contributed by atoms with Gasteiger partial charge in [0.05, 0.1) is 5.69 Å². The van der Waals surface area contributed by atoms with Crippen molar-refractivity contribution in [1.82, 2.24) is 14.8 Å². The average Bonchev–Trinajstić information content (AvgIpc) is 2.90. The van der Waals surface area contributed by atoms with Gasteiger partial charge >= 0.3 is 0 Å². The van der Waals surface area contributed by atoms with E-state index in [9.17, 15) is 0 Å². The number of ether oxygens (including phenoxy) is 1. The van der Waals surface area contributed by atoms with E-state index in [4.69, 9.17) is 16.3 Å². The van der Waals surface area contributed by atoms with Crippen LogP contribution in [0, 0.1) is 0 Å². The molecule has 0 N–H and O–H groups in total. The van der Waals surface area contributed by atoms with Crippen LogP contribution >= 0.6 is 11.6 Å². The van der Waals surface area contributed by atoms with E-state index in [1.54, 1.807) is 0 Å². The van der Waals surface area contributed by atoms with Crippen molar-refractivity contribution in [2.24, 2.45) is 0 Å². The van der Waals surface area contributed by atoms with Crippen LogP contribution in [0.15, 0.2) is 54.6 Å². The molecule has 0 atom stereocenters. The van der Waals surface area contributed by atoms with Gasteiger partial charge in [-0.1, -0.05) is 25.1 Å². The highest BCUT2D eigenvalue weighted by molar-refractivity contribution is 6.28. The molecule has 4 nitrogen and oxygen atoms in total. The molecule has 21 heavy (non-hydrogen) atoms. The lowest BCUT2D eigenvalue weighted by molar-refractivity contribution is 0.482. The summed E-state index contributed by atoms with van der Waals surface area (Å²) in [6.45, 7) is 2.02. The zero-order chi connectivity index (χ0) is 14.7. The summed E-state index contributed by atoms with van der Waals surface area (Å²) in [5.41, 5.74) is 0.919. The highest BCUT2D eigenvalue weighted by Crippen LogP contribution is 2.24. The van der Waals surface area contributed by atoms with Gasteiger partial charge in [0, 0.05) is 6.42 Å². The number of halogens is 1. The molecule has 0 radical (unpaired) electrons. The first-order valence-corrected chi connectivity index (χ1v) is 7.09. The summed E-state index contributed by atoms with van der Waals surface area (Å²) in [5, 5.41) is 8.32. The molecule has 0 saturated heterocycles. The monoisotopic (exact) mass is 299 g/mol. The van der Waals surface area contributed by atoms with Gasteiger partial charge in [-0.2, -0.15) is 0 Å². The van der Waals surface area contributed by atoms with Crippen molar-refractivity contribution in [2.45, 2.75) is 13.3 Å². The van der Waals surface area contributed by atoms with E-state index in [-0.39, 0.29) is 0 Å². The second kappa shape index (κ2) is 5.97. The first-order chi connectivity index (χ1) is 10.3. The number of aryl methyl sites for hydroxylation is 1. The van der Waals surface area contributed by atoms with Crippen LogP contribution in [-0.4, -0.2) is 14.8 Å². The minimum Gasteiger partial charge on any atom is -0.457 e. The van der Waals surface area contributed by atoms with Gasteiger partial charge in [-0.15, -0.1) is 10.2 Å². The van der Waals surface area contributed by atoms with Crippen molar-refractivity contribution in [2.75, 3.05) is 0 Å². The molecule has 0 unspecified atom stereocenters. The minimum atomic E-state index is 0.364. The first-order valence-electron chi connectivity index (χ1n) is 6.71. The number of para-hydroxylation sites is 1. The lowest BCUT2D eigenvalue weighted by atomic mass is 10.3. The lowest BCUT2D eigenvalue weighted by Gasteiger charge is -2.09. The van der Waals surface area contributed by atoms with E-state index in [1.165, 1.54) is 0 Å². The zero-order valence-electron chi connectivity index (χ0n) is 11.5. The summed E-state index contributed by atoms with van der Waals surface area (Å²) in [4.78, 5) is 0. The molecule has 2 aromatic carbocycles. The predicted octanol–water partition coefficient (Wildman–Crippen LogP) is 4.28. The van der Waals surface area contributed by atoms with Crippen molar-refractivity contribution >= 4 is 11.6 Å². The molecule has 3 rings (SSSR count). The highest BCUT2D eigenvalue weighted by atomic mass is 35.5. The van der Waals surface area contributed by atoms with Crippen LogP contribution in [0.3, 0.4) is 0 Å². The fourth-order valence-electron chi connectivity index (χ4n) is 2.07. The van der Waals surface area contributed by atoms with E-state index in [0.717, 1.165) is 29.4 Å². The molecule has 106 valence electrons. The van der Waals surface area contributed by atoms with Gasteiger partial charge in [0.1, 0.15) is 17.3 Å². The fourth-order valence-corrected chi connectivity index (χ4v) is 2.30. The van der Waals surface area contributed by atoms with Gasteiger partial charge < -0.3 is 4.74 Å². The SMILES string of the molecule is CCc1nnc(Cl)n1-c1ccc(Oc2ccccc2)cc1. The Morgan fingerprint density at radius 2 is 1.62 bits per heavy atom. The summed E-state index contributed by atoms with van der Waals surface area (Å²) in [6, 6.07) is 17.3. The van der Waals surface area contributed by atoms with Gasteiger partial charge in [0.25, 0.3) is 0 Å². The fraction of sp³-hybridized carbons (Fsp3) is 0.125. The Labute approximate surface area is 128 Å². The number of benzene rings is 2. The topological polar surface area (TPSA) is 39.9 Å². The third-order valence-electron chi connectivity index (χ3n) is 3.08. The second-order valence-electron chi connectivity index (χ2n) is 4.48. The van der Waals surface area contributed by atoms with Gasteiger partial charge in [-0.25, -0.2) is 0 Å². The maximum Gasteiger partial charge on any atom is 0.229 e. The molecule has 0 saturated carbocycles. The summed E-state index contributed by atoms with van der Waals surface area (Å²) in [7, 11) is 0. The molecule has 0 fully saturated rings. The third kappa shape index (κ3) is 2.90. The van der Waals surface area contributed by atoms with Gasteiger partial charge in [0.15, 0.2) is 0 Å². The molecular formula is C16H14ClN3O. The molecule has 5 heteroatoms. The summed E-state index contributed by atoms with van der Waals surface area (Å²) in [6.07, 6.45) is 0.766. The van der Waals surface area contributed by atoms with E-state index >= 15 is 0 Å². The van der Waals surface area contributed by atoms with Crippen LogP contribution in [-0.2, 0) is 6.42 Å². The normalized spacial score (nSPS) is 10.6. The third-order valence-corrected chi connectivity index (χ3v) is 3.33. The van der Waals surface area contributed by atoms with Gasteiger partial charge in [-0.3, -0.25) is 4.57 Å². The van der Waals surface area contributed by atoms with E-state index in [0.29, 0.717) is 5.28 Å². The molecule has 1 heterocycles. The maximum atomic E-state index is 6.09. The smallest absolute Gasteiger partial charge is 0.229 e. The Hall–Kier alpha value is -2.33. The van der Waals surface area contributed by atoms with Gasteiger partial charge in [0.2, 0.25) is 5.28 Å². The van der Waals surface area contributed by atoms with E-state index < -0.39 is 0 Å². The molecule has 0 aliphatic rings. The van der Waals surface area contributed by atoms with E-state index in [2.05, 4.69) is 10.2 Å². The Morgan fingerprint density at radius 1 is 0.952 bits per heavy atom. The van der Waals surface area contributed by atoms with Gasteiger partial charge in [-0.05, 0) is 48.0 Å². The van der Waals surface area contributed by atoms with Crippen molar-refractivity contribution in [1.29, 1.82) is 0 Å². The number of hydrogen-bond acceptors (Lipinski definition) is 3. The second-order valence-corrected chi connectivity index (χ2v) is 4.82. The van der Waals surface area contributed by atoms with Crippen LogP contribution < -0.4 is 4.74 Å². The molecular weight excluding hydrogens is 286 g/mol. The van der Waals surface area contributed by atoms with Crippen molar-refractivity contribution in [3.8, 4) is 17.2 Å². The number of aromatic nitrogens is 3. The zero-order valence-corrected chi connectivity index (χ0v) is 12.3. The number of nitrogens with zero attached hydrogens (tertiary/aromatic N) is 3. The quantitative estimate of drug-likeness (QED) is 0.722. The van der Waals surface area contributed by atoms with Crippen molar-refractivity contribution in [3.63, 3.8) is 0 Å². The number of hydrogen-bond donors (Lipinski definition) is 0. The first kappa shape index (κ1) is 13.6. The van der Waals surface area contributed by atoms with Crippen LogP contribution in [0.1, 0.15) is 12.7 Å². The average molecular weight is 300 g/mol. The van der Waals surface area contributed by atoms with Crippen LogP contribution in [0.4, 0.5) is 0 Å². The standard InChI is InChI=1S/C16H14ClN3O/c1-2-15-18-19-16(17)20(15)12-8-10-14(11-9-12)21-13-6-4-3-5-7-13/h3-11H,2H2,1H3. The van der Waals surface area contributed by atoms with E-state index in [1.807, 2.05) is 66.1 Å². The van der Waals surface area contributed by atoms with Crippen LogP contribution in [0.5, 0.6) is 11.5 Å². The molecule has 0 aliphatic heterocycles. The minimum absolute atomic E-state index is 0.364. The molecule has 0 bridgehead atoms. The Bertz CT molecular complexity index is 723. The van der Waals surface area contributed by atoms with Crippen LogP contribution in [0.25, 0.3) is 5.69 Å². The lowest BCUT2D eigenvalue weighted by Crippen LogP contribution is -2.00. The van der Waals surface area contributed by atoms with Crippen molar-refractivity contribution < 1.29 is 4.74 Å². The Morgan fingerprint density at radius 3 is 2.29 bits per heavy atom.